The average molecular weight is 338 g/mol. The second kappa shape index (κ2) is 7.11. The highest BCUT2D eigenvalue weighted by Gasteiger charge is 2.16. The summed E-state index contributed by atoms with van der Waals surface area (Å²) in [6, 6.07) is 7.94. The van der Waals surface area contributed by atoms with Gasteiger partial charge in [0.15, 0.2) is 0 Å². The van der Waals surface area contributed by atoms with Gasteiger partial charge in [-0.15, -0.1) is 0 Å². The Kier molecular flexibility index (Phi) is 5.18. The van der Waals surface area contributed by atoms with E-state index in [4.69, 9.17) is 16.3 Å². The minimum atomic E-state index is -0.630. The van der Waals surface area contributed by atoms with Gasteiger partial charge in [0.2, 0.25) is 0 Å². The van der Waals surface area contributed by atoms with Crippen LogP contribution in [0.1, 0.15) is 20.7 Å². The van der Waals surface area contributed by atoms with Crippen LogP contribution in [0.25, 0.3) is 0 Å². The molecule has 0 spiro atoms. The van der Waals surface area contributed by atoms with Gasteiger partial charge in [-0.1, -0.05) is 11.6 Å². The van der Waals surface area contributed by atoms with Gasteiger partial charge < -0.3 is 14.8 Å². The molecular weight excluding hydrogens is 325 g/mol. The smallest absolute Gasteiger partial charge is 0.339 e. The van der Waals surface area contributed by atoms with Crippen LogP contribution in [0.3, 0.4) is 0 Å². The van der Waals surface area contributed by atoms with E-state index in [1.165, 1.54) is 44.6 Å². The summed E-state index contributed by atoms with van der Waals surface area (Å²) >= 11 is 5.91. The van der Waals surface area contributed by atoms with Crippen molar-refractivity contribution in [2.75, 3.05) is 19.5 Å². The zero-order valence-corrected chi connectivity index (χ0v) is 13.1. The number of anilines is 1. The molecule has 0 saturated heterocycles. The lowest BCUT2D eigenvalue weighted by molar-refractivity contribution is 0.0600. The zero-order chi connectivity index (χ0) is 17.0. The molecule has 2 aromatic rings. The summed E-state index contributed by atoms with van der Waals surface area (Å²) in [5, 5.41) is 2.75. The van der Waals surface area contributed by atoms with Crippen LogP contribution in [0.15, 0.2) is 36.4 Å². The van der Waals surface area contributed by atoms with E-state index in [1.54, 1.807) is 0 Å². The Morgan fingerprint density at radius 1 is 1.09 bits per heavy atom. The van der Waals surface area contributed by atoms with Gasteiger partial charge >= 0.3 is 5.97 Å². The van der Waals surface area contributed by atoms with E-state index >= 15 is 0 Å². The van der Waals surface area contributed by atoms with E-state index in [1.807, 2.05) is 0 Å². The molecular formula is C16H13ClFNO4. The van der Waals surface area contributed by atoms with E-state index < -0.39 is 17.7 Å². The predicted molar refractivity (Wildman–Crippen MR) is 83.7 cm³/mol. The number of halogens is 2. The summed E-state index contributed by atoms with van der Waals surface area (Å²) in [4.78, 5) is 23.9. The van der Waals surface area contributed by atoms with Gasteiger partial charge in [-0.2, -0.15) is 0 Å². The van der Waals surface area contributed by atoms with Gasteiger partial charge in [0.25, 0.3) is 5.91 Å². The van der Waals surface area contributed by atoms with Crippen LogP contribution in [-0.2, 0) is 4.74 Å². The molecule has 0 radical (unpaired) electrons. The van der Waals surface area contributed by atoms with E-state index in [0.29, 0.717) is 5.69 Å². The number of esters is 1. The van der Waals surface area contributed by atoms with Gasteiger partial charge in [0.05, 0.1) is 30.4 Å². The maximum absolute atomic E-state index is 13.3. The van der Waals surface area contributed by atoms with Crippen LogP contribution < -0.4 is 10.1 Å². The highest BCUT2D eigenvalue weighted by Crippen LogP contribution is 2.24. The number of hydrogen-bond acceptors (Lipinski definition) is 4. The van der Waals surface area contributed by atoms with Crippen LogP contribution >= 0.6 is 11.6 Å². The van der Waals surface area contributed by atoms with Crippen molar-refractivity contribution in [1.29, 1.82) is 0 Å². The molecule has 0 fully saturated rings. The van der Waals surface area contributed by atoms with Crippen molar-refractivity contribution in [2.45, 2.75) is 0 Å². The van der Waals surface area contributed by atoms with Crippen molar-refractivity contribution in [2.24, 2.45) is 0 Å². The summed E-state index contributed by atoms with van der Waals surface area (Å²) in [6.45, 7) is 0. The molecule has 2 rings (SSSR count). The fraction of sp³-hybridized carbons (Fsp3) is 0.125. The normalized spacial score (nSPS) is 10.1. The summed E-state index contributed by atoms with van der Waals surface area (Å²) in [5.41, 5.74) is 0.450. The lowest BCUT2D eigenvalue weighted by Crippen LogP contribution is -2.14. The van der Waals surface area contributed by atoms with Crippen molar-refractivity contribution < 1.29 is 23.5 Å². The molecule has 0 saturated carbocycles. The molecule has 23 heavy (non-hydrogen) atoms. The van der Waals surface area contributed by atoms with Crippen LogP contribution in [0.2, 0.25) is 5.02 Å². The standard InChI is InChI=1S/C16H13ClFNO4/c1-22-14-6-3-9(18)7-12(14)15(20)19-10-4-5-13(17)11(8-10)16(21)23-2/h3-8H,1-2H3,(H,19,20). The van der Waals surface area contributed by atoms with Gasteiger partial charge in [0.1, 0.15) is 11.6 Å². The number of hydrogen-bond donors (Lipinski definition) is 1. The van der Waals surface area contributed by atoms with Crippen molar-refractivity contribution in [1.82, 2.24) is 0 Å². The first-order chi connectivity index (χ1) is 11.0. The number of methoxy groups -OCH3 is 2. The number of rotatable bonds is 4. The summed E-state index contributed by atoms with van der Waals surface area (Å²) < 4.78 is 23.0. The first-order valence-electron chi connectivity index (χ1n) is 6.49. The number of carbonyl (C=O) groups is 2. The molecule has 0 unspecified atom stereocenters. The number of nitrogens with one attached hydrogen (secondary N) is 1. The van der Waals surface area contributed by atoms with Crippen molar-refractivity contribution in [3.05, 3.63) is 58.4 Å². The first kappa shape index (κ1) is 16.8. The van der Waals surface area contributed by atoms with Crippen LogP contribution in [0, 0.1) is 5.82 Å². The number of amides is 1. The van der Waals surface area contributed by atoms with Crippen LogP contribution in [-0.4, -0.2) is 26.1 Å². The number of carbonyl (C=O) groups excluding carboxylic acids is 2. The molecule has 0 atom stereocenters. The minimum absolute atomic E-state index is 0.0297. The van der Waals surface area contributed by atoms with Gasteiger partial charge in [-0.25, -0.2) is 9.18 Å². The number of benzene rings is 2. The number of ether oxygens (including phenoxy) is 2. The molecule has 1 amide bonds. The van der Waals surface area contributed by atoms with Gasteiger partial charge in [0, 0.05) is 5.69 Å². The highest BCUT2D eigenvalue weighted by molar-refractivity contribution is 6.33. The quantitative estimate of drug-likeness (QED) is 0.867. The third-order valence-electron chi connectivity index (χ3n) is 3.04. The van der Waals surface area contributed by atoms with Gasteiger partial charge in [-0.3, -0.25) is 4.79 Å². The fourth-order valence-electron chi connectivity index (χ4n) is 1.93. The Bertz CT molecular complexity index is 764. The summed E-state index contributed by atoms with van der Waals surface area (Å²) in [7, 11) is 2.60. The molecule has 0 bridgehead atoms. The van der Waals surface area contributed by atoms with Crippen molar-refractivity contribution in [3.8, 4) is 5.75 Å². The second-order valence-corrected chi connectivity index (χ2v) is 4.89. The molecule has 0 heterocycles. The van der Waals surface area contributed by atoms with E-state index in [9.17, 15) is 14.0 Å². The predicted octanol–water partition coefficient (Wildman–Crippen LogP) is 3.53. The molecule has 1 N–H and O–H groups in total. The van der Waals surface area contributed by atoms with Crippen LogP contribution in [0.4, 0.5) is 10.1 Å². The minimum Gasteiger partial charge on any atom is -0.496 e. The zero-order valence-electron chi connectivity index (χ0n) is 12.4. The monoisotopic (exact) mass is 337 g/mol. The highest BCUT2D eigenvalue weighted by atomic mass is 35.5. The third kappa shape index (κ3) is 3.78. The Balaban J connectivity index is 2.31. The Hall–Kier alpha value is -2.60. The molecule has 0 aliphatic heterocycles. The lowest BCUT2D eigenvalue weighted by Gasteiger charge is -2.11. The maximum atomic E-state index is 13.3. The molecule has 120 valence electrons. The summed E-state index contributed by atoms with van der Waals surface area (Å²) in [5.74, 6) is -1.55. The van der Waals surface area contributed by atoms with Crippen LogP contribution in [0.5, 0.6) is 5.75 Å². The Morgan fingerprint density at radius 2 is 1.83 bits per heavy atom. The van der Waals surface area contributed by atoms with E-state index in [-0.39, 0.29) is 21.9 Å². The largest absolute Gasteiger partial charge is 0.496 e. The topological polar surface area (TPSA) is 64.6 Å². The summed E-state index contributed by atoms with van der Waals surface area (Å²) in [6.07, 6.45) is 0. The van der Waals surface area contributed by atoms with E-state index in [2.05, 4.69) is 10.1 Å². The Morgan fingerprint density at radius 3 is 2.48 bits per heavy atom. The SMILES string of the molecule is COC(=O)c1cc(NC(=O)c2cc(F)ccc2OC)ccc1Cl. The van der Waals surface area contributed by atoms with E-state index in [0.717, 1.165) is 6.07 Å². The molecule has 0 aliphatic rings. The molecule has 7 heteroatoms. The lowest BCUT2D eigenvalue weighted by atomic mass is 10.1. The maximum Gasteiger partial charge on any atom is 0.339 e. The first-order valence-corrected chi connectivity index (χ1v) is 6.86. The fourth-order valence-corrected chi connectivity index (χ4v) is 2.12. The van der Waals surface area contributed by atoms with Crippen molar-refractivity contribution in [3.63, 3.8) is 0 Å². The molecule has 5 nitrogen and oxygen atoms in total. The molecule has 2 aromatic carbocycles. The van der Waals surface area contributed by atoms with Gasteiger partial charge in [-0.05, 0) is 36.4 Å². The Labute approximate surface area is 137 Å². The molecule has 0 aliphatic carbocycles. The second-order valence-electron chi connectivity index (χ2n) is 4.48. The van der Waals surface area contributed by atoms with Crippen molar-refractivity contribution >= 4 is 29.2 Å². The third-order valence-corrected chi connectivity index (χ3v) is 3.37. The molecule has 0 aromatic heterocycles. The average Bonchev–Trinajstić information content (AvgIpc) is 2.55.